The molecule has 1 aliphatic heterocycles. The van der Waals surface area contributed by atoms with Crippen LogP contribution >= 0.6 is 0 Å². The number of fused-ring (bicyclic) bond motifs is 1. The molecule has 5 heteroatoms. The van der Waals surface area contributed by atoms with Crippen LogP contribution in [0, 0.1) is 16.0 Å². The average molecular weight is 301 g/mol. The van der Waals surface area contributed by atoms with Crippen LogP contribution in [0.25, 0.3) is 0 Å². The second-order valence-corrected chi connectivity index (χ2v) is 5.93. The smallest absolute Gasteiger partial charge is 0.280 e. The van der Waals surface area contributed by atoms with Gasteiger partial charge in [0.1, 0.15) is 5.56 Å². The highest BCUT2D eigenvalue weighted by Crippen LogP contribution is 2.32. The van der Waals surface area contributed by atoms with Crippen molar-refractivity contribution in [3.05, 3.63) is 51.1 Å². The number of ether oxygens (including phenoxy) is 1. The number of carbonyl (C=O) groups is 1. The predicted molar refractivity (Wildman–Crippen MR) is 82.0 cm³/mol. The molecule has 116 valence electrons. The molecule has 0 amide bonds. The zero-order chi connectivity index (χ0) is 15.5. The van der Waals surface area contributed by atoms with Gasteiger partial charge in [0.05, 0.1) is 4.92 Å². The zero-order valence-corrected chi connectivity index (χ0v) is 12.4. The first-order valence-corrected chi connectivity index (χ1v) is 7.74. The Balaban J connectivity index is 1.75. The summed E-state index contributed by atoms with van der Waals surface area (Å²) in [6.07, 6.45) is 6.28. The molecule has 0 spiro atoms. The third-order valence-corrected chi connectivity index (χ3v) is 4.58. The number of nitro benzene ring substituents is 1. The first kappa shape index (κ1) is 14.9. The van der Waals surface area contributed by atoms with E-state index in [1.807, 2.05) is 6.08 Å². The maximum atomic E-state index is 12.6. The van der Waals surface area contributed by atoms with Gasteiger partial charge in [-0.15, -0.1) is 0 Å². The van der Waals surface area contributed by atoms with E-state index in [2.05, 4.69) is 0 Å². The highest BCUT2D eigenvalue weighted by atomic mass is 16.6. The maximum absolute atomic E-state index is 12.6. The highest BCUT2D eigenvalue weighted by Gasteiger charge is 2.29. The number of nitro groups is 1. The van der Waals surface area contributed by atoms with Crippen LogP contribution < -0.4 is 0 Å². The van der Waals surface area contributed by atoms with E-state index in [0.29, 0.717) is 18.8 Å². The highest BCUT2D eigenvalue weighted by molar-refractivity contribution is 6.13. The van der Waals surface area contributed by atoms with Crippen molar-refractivity contribution in [1.29, 1.82) is 0 Å². The minimum Gasteiger partial charge on any atom is -0.381 e. The molecule has 0 unspecified atom stereocenters. The normalized spacial score (nSPS) is 18.7. The number of nitrogens with zero attached hydrogens (tertiary/aromatic N) is 1. The second-order valence-electron chi connectivity index (χ2n) is 5.93. The molecule has 1 saturated heterocycles. The van der Waals surface area contributed by atoms with E-state index in [-0.39, 0.29) is 17.0 Å². The van der Waals surface area contributed by atoms with Crippen molar-refractivity contribution in [2.75, 3.05) is 13.2 Å². The van der Waals surface area contributed by atoms with Gasteiger partial charge in [0.2, 0.25) is 0 Å². The van der Waals surface area contributed by atoms with Crippen LogP contribution in [0.2, 0.25) is 0 Å². The Morgan fingerprint density at radius 2 is 2.05 bits per heavy atom. The molecule has 0 saturated carbocycles. The fraction of sp³-hybridized carbons (Fsp3) is 0.471. The van der Waals surface area contributed by atoms with Crippen LogP contribution in [-0.2, 0) is 11.2 Å². The van der Waals surface area contributed by atoms with Gasteiger partial charge in [0, 0.05) is 19.3 Å². The molecule has 3 rings (SSSR count). The molecule has 0 atom stereocenters. The van der Waals surface area contributed by atoms with Gasteiger partial charge in [0.25, 0.3) is 5.69 Å². The first-order chi connectivity index (χ1) is 10.7. The number of carbonyl (C=O) groups excluding carboxylic acids is 1. The van der Waals surface area contributed by atoms with Crippen molar-refractivity contribution in [2.45, 2.75) is 32.1 Å². The molecule has 5 nitrogen and oxygen atoms in total. The predicted octanol–water partition coefficient (Wildman–Crippen LogP) is 3.47. The van der Waals surface area contributed by atoms with Gasteiger partial charge in [-0.1, -0.05) is 18.2 Å². The minimum absolute atomic E-state index is 0.0702. The summed E-state index contributed by atoms with van der Waals surface area (Å²) in [5, 5.41) is 11.2. The van der Waals surface area contributed by atoms with Crippen LogP contribution in [0.1, 0.15) is 41.6 Å². The summed E-state index contributed by atoms with van der Waals surface area (Å²) in [6, 6.07) is 4.86. The summed E-state index contributed by atoms with van der Waals surface area (Å²) in [5.74, 6) is 0.426. The number of hydrogen-bond donors (Lipinski definition) is 0. The van der Waals surface area contributed by atoms with E-state index in [9.17, 15) is 14.9 Å². The Morgan fingerprint density at radius 3 is 2.77 bits per heavy atom. The van der Waals surface area contributed by atoms with Gasteiger partial charge in [-0.3, -0.25) is 14.9 Å². The number of ketones is 1. The molecule has 1 aromatic carbocycles. The molecule has 0 N–H and O–H groups in total. The summed E-state index contributed by atoms with van der Waals surface area (Å²) in [5.41, 5.74) is 1.71. The monoisotopic (exact) mass is 301 g/mol. The van der Waals surface area contributed by atoms with Crippen LogP contribution in [0.5, 0.6) is 0 Å². The lowest BCUT2D eigenvalue weighted by molar-refractivity contribution is -0.385. The molecule has 0 bridgehead atoms. The Morgan fingerprint density at radius 1 is 1.27 bits per heavy atom. The zero-order valence-electron chi connectivity index (χ0n) is 12.4. The van der Waals surface area contributed by atoms with Crippen LogP contribution in [0.15, 0.2) is 29.8 Å². The van der Waals surface area contributed by atoms with E-state index in [4.69, 9.17) is 4.74 Å². The first-order valence-electron chi connectivity index (χ1n) is 7.74. The van der Waals surface area contributed by atoms with Gasteiger partial charge >= 0.3 is 0 Å². The van der Waals surface area contributed by atoms with Gasteiger partial charge < -0.3 is 4.74 Å². The van der Waals surface area contributed by atoms with Gasteiger partial charge in [-0.25, -0.2) is 0 Å². The molecule has 22 heavy (non-hydrogen) atoms. The van der Waals surface area contributed by atoms with Crippen LogP contribution in [0.4, 0.5) is 5.69 Å². The molecule has 1 fully saturated rings. The fourth-order valence-corrected chi connectivity index (χ4v) is 3.27. The molecular weight excluding hydrogens is 282 g/mol. The summed E-state index contributed by atoms with van der Waals surface area (Å²) >= 11 is 0. The van der Waals surface area contributed by atoms with E-state index in [1.165, 1.54) is 6.07 Å². The van der Waals surface area contributed by atoms with Crippen molar-refractivity contribution >= 4 is 11.5 Å². The van der Waals surface area contributed by atoms with Gasteiger partial charge in [-0.2, -0.15) is 0 Å². The Kier molecular flexibility index (Phi) is 4.34. The standard InChI is InChI=1S/C17H19NO4/c19-17-14(5-4-12-8-10-22-11-9-12)7-6-13-2-1-3-15(16(13)17)18(20)21/h1-3,7,12H,4-6,8-11H2. The molecule has 2 aliphatic rings. The average Bonchev–Trinajstić information content (AvgIpc) is 2.54. The van der Waals surface area contributed by atoms with Crippen molar-refractivity contribution in [3.8, 4) is 0 Å². The largest absolute Gasteiger partial charge is 0.381 e. The number of allylic oxidation sites excluding steroid dienone is 2. The lowest BCUT2D eigenvalue weighted by Gasteiger charge is -2.23. The quantitative estimate of drug-likeness (QED) is 0.630. The van der Waals surface area contributed by atoms with Crippen molar-refractivity contribution in [2.24, 2.45) is 5.92 Å². The molecule has 0 radical (unpaired) electrons. The SMILES string of the molecule is O=C1C(CCC2CCOCC2)=CCc2cccc([N+](=O)[O-])c21. The van der Waals surface area contributed by atoms with Gasteiger partial charge in [0.15, 0.2) is 5.78 Å². The topological polar surface area (TPSA) is 69.4 Å². The van der Waals surface area contributed by atoms with E-state index in [1.54, 1.807) is 12.1 Å². The molecule has 1 aliphatic carbocycles. The lowest BCUT2D eigenvalue weighted by atomic mass is 9.85. The Labute approximate surface area is 129 Å². The molecule has 1 heterocycles. The number of Topliss-reactive ketones (excluding diaryl/α,β-unsaturated/α-hetero) is 1. The van der Waals surface area contributed by atoms with E-state index >= 15 is 0 Å². The van der Waals surface area contributed by atoms with Crippen LogP contribution in [-0.4, -0.2) is 23.9 Å². The Hall–Kier alpha value is -2.01. The fourth-order valence-electron chi connectivity index (χ4n) is 3.27. The van der Waals surface area contributed by atoms with Crippen molar-refractivity contribution in [1.82, 2.24) is 0 Å². The minimum atomic E-state index is -0.460. The number of hydrogen-bond acceptors (Lipinski definition) is 4. The summed E-state index contributed by atoms with van der Waals surface area (Å²) < 4.78 is 5.34. The number of benzene rings is 1. The summed E-state index contributed by atoms with van der Waals surface area (Å²) in [4.78, 5) is 23.3. The second kappa shape index (κ2) is 6.40. The molecule has 1 aromatic rings. The number of rotatable bonds is 4. The molecule has 0 aromatic heterocycles. The molecular formula is C17H19NO4. The van der Waals surface area contributed by atoms with E-state index in [0.717, 1.165) is 43.6 Å². The Bertz CT molecular complexity index is 630. The summed E-state index contributed by atoms with van der Waals surface area (Å²) in [6.45, 7) is 1.60. The maximum Gasteiger partial charge on any atom is 0.280 e. The van der Waals surface area contributed by atoms with E-state index < -0.39 is 4.92 Å². The van der Waals surface area contributed by atoms with Crippen LogP contribution in [0.3, 0.4) is 0 Å². The van der Waals surface area contributed by atoms with Gasteiger partial charge in [-0.05, 0) is 49.2 Å². The third kappa shape index (κ3) is 2.95. The third-order valence-electron chi connectivity index (χ3n) is 4.58. The van der Waals surface area contributed by atoms with Crippen molar-refractivity contribution in [3.63, 3.8) is 0 Å². The summed E-state index contributed by atoms with van der Waals surface area (Å²) in [7, 11) is 0. The lowest BCUT2D eigenvalue weighted by Crippen LogP contribution is -2.18. The van der Waals surface area contributed by atoms with Crippen molar-refractivity contribution < 1.29 is 14.5 Å².